The molecule has 0 unspecified atom stereocenters. The molecule has 2 aromatic rings. The van der Waals surface area contributed by atoms with Crippen molar-refractivity contribution < 1.29 is 18.7 Å². The van der Waals surface area contributed by atoms with Crippen LogP contribution in [-0.4, -0.2) is 35.9 Å². The van der Waals surface area contributed by atoms with Gasteiger partial charge < -0.3 is 9.64 Å². The fourth-order valence-electron chi connectivity index (χ4n) is 3.99. The highest BCUT2D eigenvalue weighted by atomic mass is 19.1. The van der Waals surface area contributed by atoms with E-state index in [2.05, 4.69) is 0 Å². The van der Waals surface area contributed by atoms with Crippen LogP contribution in [0.15, 0.2) is 54.2 Å². The van der Waals surface area contributed by atoms with Gasteiger partial charge in [0, 0.05) is 13.1 Å². The molecule has 0 spiro atoms. The lowest BCUT2D eigenvalue weighted by molar-refractivity contribution is -0.120. The van der Waals surface area contributed by atoms with Gasteiger partial charge in [-0.3, -0.25) is 9.59 Å². The van der Waals surface area contributed by atoms with Crippen LogP contribution in [-0.2, 0) is 9.59 Å². The van der Waals surface area contributed by atoms with Crippen molar-refractivity contribution in [3.05, 3.63) is 65.6 Å². The minimum Gasteiger partial charge on any atom is -0.491 e. The highest BCUT2D eigenvalue weighted by Gasteiger charge is 2.42. The summed E-state index contributed by atoms with van der Waals surface area (Å²) in [5.74, 6) is -0.424. The predicted molar refractivity (Wildman–Crippen MR) is 113 cm³/mol. The molecular formula is C24H25FN2O3. The minimum atomic E-state index is -0.385. The monoisotopic (exact) mass is 408 g/mol. The van der Waals surface area contributed by atoms with Gasteiger partial charge in [-0.15, -0.1) is 0 Å². The molecule has 30 heavy (non-hydrogen) atoms. The van der Waals surface area contributed by atoms with Crippen LogP contribution in [0, 0.1) is 5.82 Å². The third-order valence-electron chi connectivity index (χ3n) is 5.33. The quantitative estimate of drug-likeness (QED) is 0.689. The lowest BCUT2D eigenvalue weighted by Crippen LogP contribution is -2.37. The fraction of sp³-hybridized carbons (Fsp3) is 0.333. The van der Waals surface area contributed by atoms with Crippen molar-refractivity contribution in [3.63, 3.8) is 0 Å². The third-order valence-corrected chi connectivity index (χ3v) is 5.33. The van der Waals surface area contributed by atoms with Gasteiger partial charge in [-0.05, 0) is 75.1 Å². The van der Waals surface area contributed by atoms with Crippen molar-refractivity contribution in [2.24, 2.45) is 0 Å². The molecule has 2 aliphatic rings. The van der Waals surface area contributed by atoms with E-state index in [0.29, 0.717) is 28.3 Å². The van der Waals surface area contributed by atoms with Gasteiger partial charge in [0.1, 0.15) is 17.3 Å². The molecule has 1 saturated heterocycles. The standard InChI is InChI=1S/C24H25FN2O3/c1-16(2)30-20-12-10-19(11-13-20)27-23(28)21(17-6-8-18(25)9-7-17)22(24(27)29)26-14-4-3-5-15-26/h6-13,16H,3-5,14-15H2,1-2H3. The number of imide groups is 1. The molecule has 2 aromatic carbocycles. The highest BCUT2D eigenvalue weighted by molar-refractivity contribution is 6.45. The molecular weight excluding hydrogens is 383 g/mol. The Morgan fingerprint density at radius 1 is 0.867 bits per heavy atom. The second kappa shape index (κ2) is 8.30. The van der Waals surface area contributed by atoms with E-state index in [4.69, 9.17) is 4.74 Å². The minimum absolute atomic E-state index is 0.0309. The van der Waals surface area contributed by atoms with Crippen LogP contribution in [0.2, 0.25) is 0 Å². The van der Waals surface area contributed by atoms with Crippen molar-refractivity contribution >= 4 is 23.1 Å². The first kappa shape index (κ1) is 20.1. The smallest absolute Gasteiger partial charge is 0.282 e. The Labute approximate surface area is 175 Å². The van der Waals surface area contributed by atoms with Gasteiger partial charge in [0.15, 0.2) is 0 Å². The predicted octanol–water partition coefficient (Wildman–Crippen LogP) is 4.38. The Bertz CT molecular complexity index is 975. The van der Waals surface area contributed by atoms with Crippen molar-refractivity contribution in [1.82, 2.24) is 4.90 Å². The molecule has 4 rings (SSSR count). The molecule has 6 heteroatoms. The first-order chi connectivity index (χ1) is 14.5. The van der Waals surface area contributed by atoms with Crippen molar-refractivity contribution in [2.75, 3.05) is 18.0 Å². The summed E-state index contributed by atoms with van der Waals surface area (Å²) in [7, 11) is 0. The van der Waals surface area contributed by atoms with Crippen LogP contribution in [0.3, 0.4) is 0 Å². The summed E-state index contributed by atoms with van der Waals surface area (Å²) in [6, 6.07) is 12.7. The number of carbonyl (C=O) groups is 2. The van der Waals surface area contributed by atoms with Crippen LogP contribution in [0.5, 0.6) is 5.75 Å². The van der Waals surface area contributed by atoms with Gasteiger partial charge in [0.25, 0.3) is 11.8 Å². The molecule has 5 nitrogen and oxygen atoms in total. The number of ether oxygens (including phenoxy) is 1. The molecule has 0 atom stereocenters. The van der Waals surface area contributed by atoms with E-state index in [1.807, 2.05) is 18.7 Å². The van der Waals surface area contributed by atoms with E-state index in [1.54, 1.807) is 36.4 Å². The molecule has 156 valence electrons. The van der Waals surface area contributed by atoms with Crippen LogP contribution < -0.4 is 9.64 Å². The normalized spacial score (nSPS) is 17.3. The number of rotatable bonds is 5. The molecule has 0 bridgehead atoms. The maximum Gasteiger partial charge on any atom is 0.282 e. The summed E-state index contributed by atoms with van der Waals surface area (Å²) < 4.78 is 19.1. The molecule has 0 aromatic heterocycles. The maximum absolute atomic E-state index is 13.5. The number of halogens is 1. The number of likely N-dealkylation sites (tertiary alicyclic amines) is 1. The summed E-state index contributed by atoms with van der Waals surface area (Å²) in [5, 5.41) is 0. The molecule has 1 fully saturated rings. The van der Waals surface area contributed by atoms with Gasteiger partial charge in [-0.1, -0.05) is 12.1 Å². The number of carbonyl (C=O) groups excluding carboxylic acids is 2. The van der Waals surface area contributed by atoms with E-state index in [-0.39, 0.29) is 23.7 Å². The third kappa shape index (κ3) is 3.82. The van der Waals surface area contributed by atoms with Crippen molar-refractivity contribution in [2.45, 2.75) is 39.2 Å². The zero-order valence-electron chi connectivity index (χ0n) is 17.2. The number of nitrogens with zero attached hydrogens (tertiary/aromatic N) is 2. The maximum atomic E-state index is 13.5. The lowest BCUT2D eigenvalue weighted by Gasteiger charge is -2.29. The Morgan fingerprint density at radius 2 is 1.50 bits per heavy atom. The van der Waals surface area contributed by atoms with Gasteiger partial charge in [-0.25, -0.2) is 9.29 Å². The fourth-order valence-corrected chi connectivity index (χ4v) is 3.99. The molecule has 2 aliphatic heterocycles. The van der Waals surface area contributed by atoms with E-state index < -0.39 is 0 Å². The van der Waals surface area contributed by atoms with Crippen LogP contribution >= 0.6 is 0 Å². The first-order valence-electron chi connectivity index (χ1n) is 10.4. The lowest BCUT2D eigenvalue weighted by atomic mass is 10.0. The van der Waals surface area contributed by atoms with Gasteiger partial charge in [-0.2, -0.15) is 0 Å². The van der Waals surface area contributed by atoms with Crippen LogP contribution in [0.1, 0.15) is 38.7 Å². The second-order valence-corrected chi connectivity index (χ2v) is 7.88. The van der Waals surface area contributed by atoms with E-state index >= 15 is 0 Å². The van der Waals surface area contributed by atoms with E-state index in [0.717, 1.165) is 32.4 Å². The molecule has 2 amide bonds. The van der Waals surface area contributed by atoms with Gasteiger partial charge >= 0.3 is 0 Å². The topological polar surface area (TPSA) is 49.9 Å². The number of amides is 2. The van der Waals surface area contributed by atoms with Gasteiger partial charge in [0.05, 0.1) is 17.4 Å². The second-order valence-electron chi connectivity index (χ2n) is 7.88. The largest absolute Gasteiger partial charge is 0.491 e. The molecule has 0 radical (unpaired) electrons. The Morgan fingerprint density at radius 3 is 2.10 bits per heavy atom. The summed E-state index contributed by atoms with van der Waals surface area (Å²) in [5.41, 5.74) is 1.79. The zero-order valence-corrected chi connectivity index (χ0v) is 17.2. The van der Waals surface area contributed by atoms with Crippen LogP contribution in [0.25, 0.3) is 5.57 Å². The first-order valence-corrected chi connectivity index (χ1v) is 10.4. The summed E-state index contributed by atoms with van der Waals surface area (Å²) >= 11 is 0. The number of hydrogen-bond donors (Lipinski definition) is 0. The zero-order chi connectivity index (χ0) is 21.3. The average molecular weight is 408 g/mol. The highest BCUT2D eigenvalue weighted by Crippen LogP contribution is 2.36. The Balaban J connectivity index is 1.73. The van der Waals surface area contributed by atoms with Crippen LogP contribution in [0.4, 0.5) is 10.1 Å². The molecule has 2 heterocycles. The summed E-state index contributed by atoms with van der Waals surface area (Å²) in [6.45, 7) is 5.33. The number of benzene rings is 2. The Hall–Kier alpha value is -3.15. The molecule has 0 aliphatic carbocycles. The SMILES string of the molecule is CC(C)Oc1ccc(N2C(=O)C(c3ccc(F)cc3)=C(N3CCCCC3)C2=O)cc1. The average Bonchev–Trinajstić information content (AvgIpc) is 3.00. The summed E-state index contributed by atoms with van der Waals surface area (Å²) in [4.78, 5) is 30.1. The number of piperidine rings is 1. The molecule has 0 saturated carbocycles. The molecule has 0 N–H and O–H groups in total. The number of hydrogen-bond acceptors (Lipinski definition) is 4. The Kier molecular flexibility index (Phi) is 5.57. The van der Waals surface area contributed by atoms with E-state index in [9.17, 15) is 14.0 Å². The van der Waals surface area contributed by atoms with Crippen molar-refractivity contribution in [3.8, 4) is 5.75 Å². The number of anilines is 1. The van der Waals surface area contributed by atoms with Gasteiger partial charge in [0.2, 0.25) is 0 Å². The van der Waals surface area contributed by atoms with Crippen molar-refractivity contribution in [1.29, 1.82) is 0 Å². The summed E-state index contributed by atoms with van der Waals surface area (Å²) in [6.07, 6.45) is 3.09. The van der Waals surface area contributed by atoms with E-state index in [1.165, 1.54) is 17.0 Å².